The molecule has 0 aliphatic rings. The molecular formula is C36H22N2O. The molecule has 3 heterocycles. The second-order valence-electron chi connectivity index (χ2n) is 9.91. The lowest BCUT2D eigenvalue weighted by Crippen LogP contribution is -1.87. The molecule has 8 rings (SSSR count). The summed E-state index contributed by atoms with van der Waals surface area (Å²) in [5, 5.41) is 4.39. The van der Waals surface area contributed by atoms with E-state index in [1.165, 1.54) is 22.3 Å². The summed E-state index contributed by atoms with van der Waals surface area (Å²) in [6, 6.07) is 42.5. The average Bonchev–Trinajstić information content (AvgIpc) is 3.38. The van der Waals surface area contributed by atoms with Crippen LogP contribution in [-0.2, 0) is 0 Å². The molecule has 0 fully saturated rings. The Balaban J connectivity index is 1.24. The Kier molecular flexibility index (Phi) is 4.82. The lowest BCUT2D eigenvalue weighted by molar-refractivity contribution is 0.669. The van der Waals surface area contributed by atoms with Crippen LogP contribution in [0, 0.1) is 0 Å². The van der Waals surface area contributed by atoms with Crippen molar-refractivity contribution >= 4 is 43.7 Å². The van der Waals surface area contributed by atoms with Gasteiger partial charge in [-0.3, -0.25) is 9.97 Å². The summed E-state index contributed by atoms with van der Waals surface area (Å²) in [5.74, 6) is 0. The standard InChI is InChI=1S/C36H22N2O/c1-2-6-23(7-3-1)25-8-4-9-26(18-25)27-13-15-33-31(20-27)32-21-28(14-16-34(32)39-33)30-19-29-12-11-24-10-5-17-37-35(24)36(29)38-22-30/h1-22H. The van der Waals surface area contributed by atoms with Crippen LogP contribution in [0.1, 0.15) is 0 Å². The first-order valence-corrected chi connectivity index (χ1v) is 13.1. The number of nitrogens with zero attached hydrogens (tertiary/aromatic N) is 2. The second-order valence-corrected chi connectivity index (χ2v) is 9.91. The molecule has 39 heavy (non-hydrogen) atoms. The number of fused-ring (bicyclic) bond motifs is 6. The number of furan rings is 1. The summed E-state index contributed by atoms with van der Waals surface area (Å²) < 4.78 is 6.22. The van der Waals surface area contributed by atoms with E-state index in [1.807, 2.05) is 24.5 Å². The zero-order chi connectivity index (χ0) is 25.8. The highest BCUT2D eigenvalue weighted by Crippen LogP contribution is 2.36. The Hall–Kier alpha value is -5.28. The van der Waals surface area contributed by atoms with Crippen LogP contribution in [0.4, 0.5) is 0 Å². The van der Waals surface area contributed by atoms with Crippen molar-refractivity contribution in [3.63, 3.8) is 0 Å². The van der Waals surface area contributed by atoms with Gasteiger partial charge >= 0.3 is 0 Å². The van der Waals surface area contributed by atoms with Gasteiger partial charge in [0.1, 0.15) is 11.2 Å². The SMILES string of the molecule is c1ccc(-c2cccc(-c3ccc4oc5ccc(-c6cnc7c(ccc8cccnc87)c6)cc5c4c3)c2)cc1. The highest BCUT2D eigenvalue weighted by atomic mass is 16.3. The summed E-state index contributed by atoms with van der Waals surface area (Å²) in [4.78, 5) is 9.38. The number of benzene rings is 5. The van der Waals surface area contributed by atoms with Crippen LogP contribution in [-0.4, -0.2) is 9.97 Å². The Morgan fingerprint density at radius 3 is 1.85 bits per heavy atom. The number of hydrogen-bond donors (Lipinski definition) is 0. The number of rotatable bonds is 3. The van der Waals surface area contributed by atoms with Crippen molar-refractivity contribution < 1.29 is 4.42 Å². The Labute approximate surface area is 225 Å². The smallest absolute Gasteiger partial charge is 0.135 e. The minimum absolute atomic E-state index is 0.882. The van der Waals surface area contributed by atoms with E-state index >= 15 is 0 Å². The molecule has 0 aliphatic carbocycles. The molecule has 3 nitrogen and oxygen atoms in total. The molecular weight excluding hydrogens is 476 g/mol. The molecule has 182 valence electrons. The highest BCUT2D eigenvalue weighted by Gasteiger charge is 2.12. The summed E-state index contributed by atoms with van der Waals surface area (Å²) in [6.07, 6.45) is 3.77. The molecule has 3 aromatic heterocycles. The van der Waals surface area contributed by atoms with Crippen molar-refractivity contribution in [2.75, 3.05) is 0 Å². The number of hydrogen-bond acceptors (Lipinski definition) is 3. The van der Waals surface area contributed by atoms with Crippen LogP contribution in [0.5, 0.6) is 0 Å². The van der Waals surface area contributed by atoms with Crippen molar-refractivity contribution in [2.24, 2.45) is 0 Å². The van der Waals surface area contributed by atoms with Gasteiger partial charge in [-0.15, -0.1) is 0 Å². The molecule has 0 saturated heterocycles. The quantitative estimate of drug-likeness (QED) is 0.228. The van der Waals surface area contributed by atoms with Gasteiger partial charge in [0.25, 0.3) is 0 Å². The van der Waals surface area contributed by atoms with Gasteiger partial charge in [-0.2, -0.15) is 0 Å². The first kappa shape index (κ1) is 21.8. The van der Waals surface area contributed by atoms with E-state index < -0.39 is 0 Å². The molecule has 0 amide bonds. The normalized spacial score (nSPS) is 11.6. The van der Waals surface area contributed by atoms with Gasteiger partial charge in [-0.1, -0.05) is 78.9 Å². The maximum atomic E-state index is 6.22. The molecule has 0 saturated carbocycles. The summed E-state index contributed by atoms with van der Waals surface area (Å²) in [7, 11) is 0. The van der Waals surface area contributed by atoms with E-state index in [9.17, 15) is 0 Å². The van der Waals surface area contributed by atoms with Gasteiger partial charge in [0, 0.05) is 39.5 Å². The van der Waals surface area contributed by atoms with Crippen LogP contribution in [0.3, 0.4) is 0 Å². The van der Waals surface area contributed by atoms with E-state index in [0.29, 0.717) is 0 Å². The van der Waals surface area contributed by atoms with Crippen LogP contribution in [0.15, 0.2) is 138 Å². The fraction of sp³-hybridized carbons (Fsp3) is 0. The summed E-state index contributed by atoms with van der Waals surface area (Å²) >= 11 is 0. The maximum absolute atomic E-state index is 6.22. The molecule has 8 aromatic rings. The van der Waals surface area contributed by atoms with Gasteiger partial charge in [0.05, 0.1) is 11.0 Å². The maximum Gasteiger partial charge on any atom is 0.135 e. The Morgan fingerprint density at radius 1 is 0.410 bits per heavy atom. The molecule has 0 bridgehead atoms. The topological polar surface area (TPSA) is 38.9 Å². The van der Waals surface area contributed by atoms with Gasteiger partial charge in [-0.25, -0.2) is 0 Å². The first-order valence-electron chi connectivity index (χ1n) is 13.1. The van der Waals surface area contributed by atoms with Gasteiger partial charge in [0.15, 0.2) is 0 Å². The zero-order valence-corrected chi connectivity index (χ0v) is 21.0. The largest absolute Gasteiger partial charge is 0.456 e. The summed E-state index contributed by atoms with van der Waals surface area (Å²) in [6.45, 7) is 0. The number of pyridine rings is 2. The minimum Gasteiger partial charge on any atom is -0.456 e. The Bertz CT molecular complexity index is 2180. The number of aromatic nitrogens is 2. The monoisotopic (exact) mass is 498 g/mol. The third-order valence-electron chi connectivity index (χ3n) is 7.53. The van der Waals surface area contributed by atoms with E-state index in [2.05, 4.69) is 114 Å². The average molecular weight is 499 g/mol. The first-order chi connectivity index (χ1) is 19.3. The van der Waals surface area contributed by atoms with Crippen molar-refractivity contribution in [1.29, 1.82) is 0 Å². The fourth-order valence-corrected chi connectivity index (χ4v) is 5.54. The molecule has 0 spiro atoms. The molecule has 0 atom stereocenters. The van der Waals surface area contributed by atoms with Crippen molar-refractivity contribution in [1.82, 2.24) is 9.97 Å². The highest BCUT2D eigenvalue weighted by molar-refractivity contribution is 6.08. The van der Waals surface area contributed by atoms with Crippen molar-refractivity contribution in [3.8, 4) is 33.4 Å². The van der Waals surface area contributed by atoms with Gasteiger partial charge in [0.2, 0.25) is 0 Å². The summed E-state index contributed by atoms with van der Waals surface area (Å²) in [5.41, 5.74) is 10.6. The van der Waals surface area contributed by atoms with E-state index in [-0.39, 0.29) is 0 Å². The molecule has 0 unspecified atom stereocenters. The van der Waals surface area contributed by atoms with E-state index in [4.69, 9.17) is 9.40 Å². The van der Waals surface area contributed by atoms with Crippen molar-refractivity contribution in [2.45, 2.75) is 0 Å². The molecule has 5 aromatic carbocycles. The molecule has 0 radical (unpaired) electrons. The van der Waals surface area contributed by atoms with E-state index in [1.54, 1.807) is 0 Å². The second kappa shape index (κ2) is 8.64. The lowest BCUT2D eigenvalue weighted by Gasteiger charge is -2.07. The van der Waals surface area contributed by atoms with E-state index in [0.717, 1.165) is 54.9 Å². The minimum atomic E-state index is 0.882. The zero-order valence-electron chi connectivity index (χ0n) is 21.0. The van der Waals surface area contributed by atoms with Gasteiger partial charge < -0.3 is 4.42 Å². The fourth-order valence-electron chi connectivity index (χ4n) is 5.54. The van der Waals surface area contributed by atoms with Crippen molar-refractivity contribution in [3.05, 3.63) is 134 Å². The third kappa shape index (κ3) is 3.67. The van der Waals surface area contributed by atoms with Crippen LogP contribution >= 0.6 is 0 Å². The third-order valence-corrected chi connectivity index (χ3v) is 7.53. The van der Waals surface area contributed by atoms with Gasteiger partial charge in [-0.05, 0) is 70.3 Å². The van der Waals surface area contributed by atoms with Crippen LogP contribution < -0.4 is 0 Å². The predicted octanol–water partition coefficient (Wildman–Crippen LogP) is 9.68. The molecule has 0 N–H and O–H groups in total. The van der Waals surface area contributed by atoms with Crippen LogP contribution in [0.2, 0.25) is 0 Å². The molecule has 3 heteroatoms. The van der Waals surface area contributed by atoms with Crippen LogP contribution in [0.25, 0.3) is 77.1 Å². The predicted molar refractivity (Wildman–Crippen MR) is 161 cm³/mol. The molecule has 0 aliphatic heterocycles. The lowest BCUT2D eigenvalue weighted by atomic mass is 9.97. The Morgan fingerprint density at radius 2 is 1.05 bits per heavy atom.